The quantitative estimate of drug-likeness (QED) is 0.759. The molecule has 0 saturated carbocycles. The van der Waals surface area contributed by atoms with E-state index in [0.717, 1.165) is 5.56 Å². The molecule has 0 N–H and O–H groups in total. The number of halogens is 2. The van der Waals surface area contributed by atoms with Gasteiger partial charge in [0, 0.05) is 16.5 Å². The van der Waals surface area contributed by atoms with Crippen molar-refractivity contribution >= 4 is 40.9 Å². The summed E-state index contributed by atoms with van der Waals surface area (Å²) < 4.78 is 0. The zero-order chi connectivity index (χ0) is 9.14. The molecular weight excluding hydrogens is 215 g/mol. The normalized spacial score (nSPS) is 9.92. The molecule has 0 bridgehead atoms. The molecule has 0 amide bonds. The largest absolute Gasteiger partial charge is 0.287 e. The van der Waals surface area contributed by atoms with Gasteiger partial charge < -0.3 is 0 Å². The molecular formula is C8H6Cl2OS. The minimum absolute atomic E-state index is 0.201. The van der Waals surface area contributed by atoms with E-state index < -0.39 is 0 Å². The van der Waals surface area contributed by atoms with Crippen LogP contribution in [0.3, 0.4) is 0 Å². The molecule has 64 valence electrons. The van der Waals surface area contributed by atoms with Gasteiger partial charge in [0.15, 0.2) is 5.12 Å². The molecule has 0 spiro atoms. The van der Waals surface area contributed by atoms with Crippen molar-refractivity contribution in [3.63, 3.8) is 0 Å². The molecule has 0 unspecified atom stereocenters. The first-order valence-electron chi connectivity index (χ1n) is 3.24. The standard InChI is InChI=1S/C8H6Cl2OS/c9-6-1-5(3-8(11)12)2-7(10)4-6/h1-2,4H,3H2,(H,11,12). The van der Waals surface area contributed by atoms with Crippen LogP contribution in [0.5, 0.6) is 0 Å². The van der Waals surface area contributed by atoms with E-state index in [-0.39, 0.29) is 11.5 Å². The molecule has 0 aliphatic rings. The van der Waals surface area contributed by atoms with E-state index in [9.17, 15) is 4.79 Å². The number of carbonyl (C=O) groups is 1. The van der Waals surface area contributed by atoms with Gasteiger partial charge in [0.25, 0.3) is 0 Å². The lowest BCUT2D eigenvalue weighted by atomic mass is 10.2. The van der Waals surface area contributed by atoms with Crippen molar-refractivity contribution < 1.29 is 4.79 Å². The Labute approximate surface area is 86.1 Å². The van der Waals surface area contributed by atoms with Crippen molar-refractivity contribution in [1.82, 2.24) is 0 Å². The minimum Gasteiger partial charge on any atom is -0.287 e. The topological polar surface area (TPSA) is 17.1 Å². The van der Waals surface area contributed by atoms with Crippen LogP contribution in [0.1, 0.15) is 5.56 Å². The summed E-state index contributed by atoms with van der Waals surface area (Å²) in [5.41, 5.74) is 0.785. The first kappa shape index (κ1) is 9.90. The van der Waals surface area contributed by atoms with Crippen LogP contribution in [-0.4, -0.2) is 5.12 Å². The first-order valence-corrected chi connectivity index (χ1v) is 4.45. The summed E-state index contributed by atoms with van der Waals surface area (Å²) in [5.74, 6) is 0. The second-order valence-corrected chi connectivity index (χ2v) is 3.72. The third kappa shape index (κ3) is 3.05. The molecule has 12 heavy (non-hydrogen) atoms. The predicted molar refractivity (Wildman–Crippen MR) is 54.2 cm³/mol. The van der Waals surface area contributed by atoms with Crippen molar-refractivity contribution in [2.75, 3.05) is 0 Å². The molecule has 0 atom stereocenters. The number of carbonyl (C=O) groups excluding carboxylic acids is 1. The average Bonchev–Trinajstić information content (AvgIpc) is 1.81. The molecule has 0 radical (unpaired) electrons. The van der Waals surface area contributed by atoms with E-state index in [1.54, 1.807) is 18.2 Å². The minimum atomic E-state index is -0.201. The molecule has 1 rings (SSSR count). The lowest BCUT2D eigenvalue weighted by Gasteiger charge is -1.98. The molecule has 1 aromatic carbocycles. The maximum atomic E-state index is 10.6. The predicted octanol–water partition coefficient (Wildman–Crippen LogP) is 2.99. The van der Waals surface area contributed by atoms with Crippen LogP contribution in [0.25, 0.3) is 0 Å². The number of thiol groups is 1. The Morgan fingerprint density at radius 3 is 2.17 bits per heavy atom. The Morgan fingerprint density at radius 2 is 1.75 bits per heavy atom. The molecule has 0 heterocycles. The third-order valence-corrected chi connectivity index (χ3v) is 1.87. The van der Waals surface area contributed by atoms with Gasteiger partial charge in [0.2, 0.25) is 0 Å². The molecule has 0 aliphatic heterocycles. The average molecular weight is 221 g/mol. The summed E-state index contributed by atoms with van der Waals surface area (Å²) in [4.78, 5) is 10.6. The van der Waals surface area contributed by atoms with E-state index in [2.05, 4.69) is 12.6 Å². The zero-order valence-corrected chi connectivity index (χ0v) is 8.46. The SMILES string of the molecule is O=C(S)Cc1cc(Cl)cc(Cl)c1. The summed E-state index contributed by atoms with van der Waals surface area (Å²) in [7, 11) is 0. The van der Waals surface area contributed by atoms with Crippen LogP contribution in [-0.2, 0) is 11.2 Å². The van der Waals surface area contributed by atoms with Crippen LogP contribution in [0, 0.1) is 0 Å². The molecule has 0 aromatic heterocycles. The van der Waals surface area contributed by atoms with Gasteiger partial charge in [0.05, 0.1) is 0 Å². The van der Waals surface area contributed by atoms with E-state index in [1.807, 2.05) is 0 Å². The summed E-state index contributed by atoms with van der Waals surface area (Å²) in [5, 5.41) is 0.868. The lowest BCUT2D eigenvalue weighted by Crippen LogP contribution is -1.92. The fraction of sp³-hybridized carbons (Fsp3) is 0.125. The van der Waals surface area contributed by atoms with Crippen LogP contribution >= 0.6 is 35.8 Å². The maximum absolute atomic E-state index is 10.6. The van der Waals surface area contributed by atoms with Crippen molar-refractivity contribution in [2.45, 2.75) is 6.42 Å². The zero-order valence-electron chi connectivity index (χ0n) is 6.05. The van der Waals surface area contributed by atoms with Gasteiger partial charge in [0.1, 0.15) is 0 Å². The molecule has 1 nitrogen and oxygen atoms in total. The molecule has 1 aromatic rings. The van der Waals surface area contributed by atoms with Crippen molar-refractivity contribution in [3.05, 3.63) is 33.8 Å². The Balaban J connectivity index is 2.93. The second kappa shape index (κ2) is 4.17. The summed E-state index contributed by atoms with van der Waals surface area (Å²) in [6, 6.07) is 5.01. The van der Waals surface area contributed by atoms with E-state index in [4.69, 9.17) is 23.2 Å². The highest BCUT2D eigenvalue weighted by molar-refractivity contribution is 7.96. The van der Waals surface area contributed by atoms with Gasteiger partial charge in [-0.1, -0.05) is 23.2 Å². The highest BCUT2D eigenvalue weighted by Crippen LogP contribution is 2.19. The Bertz CT molecular complexity index is 292. The summed E-state index contributed by atoms with van der Waals surface area (Å²) >= 11 is 15.1. The molecule has 0 saturated heterocycles. The summed E-state index contributed by atoms with van der Waals surface area (Å²) in [6.07, 6.45) is 0.253. The van der Waals surface area contributed by atoms with Gasteiger partial charge in [-0.15, -0.1) is 12.6 Å². The van der Waals surface area contributed by atoms with Crippen molar-refractivity contribution in [2.24, 2.45) is 0 Å². The van der Waals surface area contributed by atoms with Gasteiger partial charge in [-0.2, -0.15) is 0 Å². The number of rotatable bonds is 2. The number of benzene rings is 1. The van der Waals surface area contributed by atoms with E-state index in [0.29, 0.717) is 10.0 Å². The van der Waals surface area contributed by atoms with Gasteiger partial charge in [-0.25, -0.2) is 0 Å². The Kier molecular flexibility index (Phi) is 3.44. The number of hydrogen-bond acceptors (Lipinski definition) is 1. The van der Waals surface area contributed by atoms with Crippen molar-refractivity contribution in [3.8, 4) is 0 Å². The molecule has 0 aliphatic carbocycles. The summed E-state index contributed by atoms with van der Waals surface area (Å²) in [6.45, 7) is 0. The highest BCUT2D eigenvalue weighted by atomic mass is 35.5. The van der Waals surface area contributed by atoms with Crippen LogP contribution in [0.4, 0.5) is 0 Å². The maximum Gasteiger partial charge on any atom is 0.190 e. The fourth-order valence-electron chi connectivity index (χ4n) is 0.888. The van der Waals surface area contributed by atoms with Gasteiger partial charge in [-0.05, 0) is 23.8 Å². The Morgan fingerprint density at radius 1 is 1.25 bits per heavy atom. The van der Waals surface area contributed by atoms with Crippen LogP contribution in [0.2, 0.25) is 10.0 Å². The number of hydrogen-bond donors (Lipinski definition) is 1. The van der Waals surface area contributed by atoms with Gasteiger partial charge in [-0.3, -0.25) is 4.79 Å². The van der Waals surface area contributed by atoms with E-state index in [1.165, 1.54) is 0 Å². The molecule has 0 fully saturated rings. The third-order valence-electron chi connectivity index (χ3n) is 1.28. The smallest absolute Gasteiger partial charge is 0.190 e. The van der Waals surface area contributed by atoms with Crippen molar-refractivity contribution in [1.29, 1.82) is 0 Å². The monoisotopic (exact) mass is 220 g/mol. The fourth-order valence-corrected chi connectivity index (χ4v) is 1.64. The van der Waals surface area contributed by atoms with Gasteiger partial charge >= 0.3 is 0 Å². The van der Waals surface area contributed by atoms with E-state index >= 15 is 0 Å². The van der Waals surface area contributed by atoms with Crippen LogP contribution in [0.15, 0.2) is 18.2 Å². The Hall–Kier alpha value is -0.180. The molecule has 4 heteroatoms. The first-order chi connectivity index (χ1) is 5.58. The second-order valence-electron chi connectivity index (χ2n) is 2.35. The van der Waals surface area contributed by atoms with Crippen LogP contribution < -0.4 is 0 Å². The highest BCUT2D eigenvalue weighted by Gasteiger charge is 2.01. The lowest BCUT2D eigenvalue weighted by molar-refractivity contribution is -0.110.